The van der Waals surface area contributed by atoms with Crippen LogP contribution in [-0.4, -0.2) is 42.6 Å². The maximum atomic E-state index is 11.9. The molecule has 2 amide bonds. The van der Waals surface area contributed by atoms with Crippen molar-refractivity contribution in [3.8, 4) is 0 Å². The molecule has 1 N–H and O–H groups in total. The van der Waals surface area contributed by atoms with Crippen LogP contribution in [0.5, 0.6) is 0 Å². The standard InChI is InChI=1S/C10H16N2O3/c13-9(8-7-15-10(14)11-8)12-5-3-1-2-4-6-12/h8H,1-7H2,(H,11,14). The molecule has 1 atom stereocenters. The molecule has 0 bridgehead atoms. The van der Waals surface area contributed by atoms with Crippen molar-refractivity contribution in [2.24, 2.45) is 0 Å². The van der Waals surface area contributed by atoms with Crippen LogP contribution >= 0.6 is 0 Å². The Morgan fingerprint density at radius 1 is 1.27 bits per heavy atom. The SMILES string of the molecule is O=C1NC(C(=O)N2CCCCCC2)CO1. The number of hydrogen-bond acceptors (Lipinski definition) is 3. The lowest BCUT2D eigenvalue weighted by molar-refractivity contribution is -0.133. The number of rotatable bonds is 1. The summed E-state index contributed by atoms with van der Waals surface area (Å²) < 4.78 is 4.71. The highest BCUT2D eigenvalue weighted by Gasteiger charge is 2.32. The Balaban J connectivity index is 1.91. The number of nitrogens with zero attached hydrogens (tertiary/aromatic N) is 1. The van der Waals surface area contributed by atoms with Crippen molar-refractivity contribution >= 4 is 12.0 Å². The summed E-state index contributed by atoms with van der Waals surface area (Å²) in [4.78, 5) is 24.6. The second-order valence-electron chi connectivity index (χ2n) is 4.03. The molecule has 0 radical (unpaired) electrons. The number of hydrogen-bond donors (Lipinski definition) is 1. The number of likely N-dealkylation sites (tertiary alicyclic amines) is 1. The average Bonchev–Trinajstić information content (AvgIpc) is 2.53. The minimum absolute atomic E-state index is 0.00255. The number of carbonyl (C=O) groups excluding carboxylic acids is 2. The molecule has 0 spiro atoms. The second-order valence-corrected chi connectivity index (χ2v) is 4.03. The number of carbonyl (C=O) groups is 2. The summed E-state index contributed by atoms with van der Waals surface area (Å²) in [6.07, 6.45) is 4.03. The number of alkyl carbamates (subject to hydrolysis) is 1. The highest BCUT2D eigenvalue weighted by Crippen LogP contribution is 2.12. The van der Waals surface area contributed by atoms with Gasteiger partial charge in [-0.3, -0.25) is 4.79 Å². The van der Waals surface area contributed by atoms with Crippen molar-refractivity contribution in [1.29, 1.82) is 0 Å². The Labute approximate surface area is 88.8 Å². The minimum atomic E-state index is -0.483. The highest BCUT2D eigenvalue weighted by molar-refractivity contribution is 5.87. The Morgan fingerprint density at radius 2 is 1.93 bits per heavy atom. The zero-order chi connectivity index (χ0) is 10.7. The molecule has 2 heterocycles. The van der Waals surface area contributed by atoms with Gasteiger partial charge in [-0.15, -0.1) is 0 Å². The molecule has 2 aliphatic heterocycles. The number of ether oxygens (including phenoxy) is 1. The molecule has 5 nitrogen and oxygen atoms in total. The summed E-state index contributed by atoms with van der Waals surface area (Å²) >= 11 is 0. The van der Waals surface area contributed by atoms with Crippen molar-refractivity contribution in [3.05, 3.63) is 0 Å². The molecular weight excluding hydrogens is 196 g/mol. The van der Waals surface area contributed by atoms with E-state index < -0.39 is 12.1 Å². The number of cyclic esters (lactones) is 1. The Hall–Kier alpha value is -1.26. The molecule has 2 fully saturated rings. The van der Waals surface area contributed by atoms with Gasteiger partial charge in [0.1, 0.15) is 12.6 Å². The van der Waals surface area contributed by atoms with Crippen LogP contribution in [0.25, 0.3) is 0 Å². The molecule has 0 aliphatic carbocycles. The van der Waals surface area contributed by atoms with E-state index in [2.05, 4.69) is 5.32 Å². The quantitative estimate of drug-likeness (QED) is 0.688. The lowest BCUT2D eigenvalue weighted by atomic mass is 10.2. The van der Waals surface area contributed by atoms with Crippen molar-refractivity contribution in [2.75, 3.05) is 19.7 Å². The first-order valence-corrected chi connectivity index (χ1v) is 5.49. The molecule has 2 rings (SSSR count). The first kappa shape index (κ1) is 10.3. The topological polar surface area (TPSA) is 58.6 Å². The Kier molecular flexibility index (Phi) is 3.08. The van der Waals surface area contributed by atoms with Crippen LogP contribution in [0, 0.1) is 0 Å². The van der Waals surface area contributed by atoms with Gasteiger partial charge in [-0.1, -0.05) is 12.8 Å². The van der Waals surface area contributed by atoms with E-state index >= 15 is 0 Å². The van der Waals surface area contributed by atoms with Gasteiger partial charge in [0.15, 0.2) is 0 Å². The van der Waals surface area contributed by atoms with Crippen LogP contribution in [0.3, 0.4) is 0 Å². The van der Waals surface area contributed by atoms with Gasteiger partial charge in [0.2, 0.25) is 5.91 Å². The first-order chi connectivity index (χ1) is 7.27. The summed E-state index contributed by atoms with van der Waals surface area (Å²) in [7, 11) is 0. The van der Waals surface area contributed by atoms with E-state index in [1.54, 1.807) is 0 Å². The normalized spacial score (nSPS) is 26.8. The zero-order valence-corrected chi connectivity index (χ0v) is 8.70. The van der Waals surface area contributed by atoms with E-state index in [-0.39, 0.29) is 12.5 Å². The summed E-state index contributed by atoms with van der Waals surface area (Å²) in [6.45, 7) is 1.80. The van der Waals surface area contributed by atoms with E-state index in [4.69, 9.17) is 4.74 Å². The van der Waals surface area contributed by atoms with Gasteiger partial charge in [-0.05, 0) is 12.8 Å². The van der Waals surface area contributed by atoms with Gasteiger partial charge in [0.05, 0.1) is 0 Å². The van der Waals surface area contributed by atoms with Crippen LogP contribution in [0.2, 0.25) is 0 Å². The molecule has 0 aromatic heterocycles. The second kappa shape index (κ2) is 4.51. The number of nitrogens with one attached hydrogen (secondary N) is 1. The van der Waals surface area contributed by atoms with Crippen molar-refractivity contribution in [1.82, 2.24) is 10.2 Å². The molecule has 2 aliphatic rings. The van der Waals surface area contributed by atoms with Crippen LogP contribution in [0.15, 0.2) is 0 Å². The fourth-order valence-corrected chi connectivity index (χ4v) is 2.03. The Bertz CT molecular complexity index is 259. The maximum absolute atomic E-state index is 11.9. The van der Waals surface area contributed by atoms with Gasteiger partial charge >= 0.3 is 6.09 Å². The fourth-order valence-electron chi connectivity index (χ4n) is 2.03. The maximum Gasteiger partial charge on any atom is 0.407 e. The fraction of sp³-hybridized carbons (Fsp3) is 0.800. The minimum Gasteiger partial charge on any atom is -0.447 e. The van der Waals surface area contributed by atoms with E-state index in [1.165, 1.54) is 12.8 Å². The summed E-state index contributed by atoms with van der Waals surface area (Å²) in [5.74, 6) is 0.00255. The van der Waals surface area contributed by atoms with Crippen molar-refractivity contribution in [3.63, 3.8) is 0 Å². The van der Waals surface area contributed by atoms with Gasteiger partial charge in [0, 0.05) is 13.1 Å². The highest BCUT2D eigenvalue weighted by atomic mass is 16.6. The van der Waals surface area contributed by atoms with Crippen LogP contribution in [0.4, 0.5) is 4.79 Å². The predicted octanol–water partition coefficient (Wildman–Crippen LogP) is 0.497. The lowest BCUT2D eigenvalue weighted by Crippen LogP contribution is -2.45. The third-order valence-corrected chi connectivity index (χ3v) is 2.89. The van der Waals surface area contributed by atoms with Crippen molar-refractivity contribution < 1.29 is 14.3 Å². The summed E-state index contributed by atoms with van der Waals surface area (Å²) in [6, 6.07) is -0.462. The van der Waals surface area contributed by atoms with Crippen LogP contribution < -0.4 is 5.32 Å². The average molecular weight is 212 g/mol. The molecule has 84 valence electrons. The molecule has 1 unspecified atom stereocenters. The summed E-state index contributed by atoms with van der Waals surface area (Å²) in [5.41, 5.74) is 0. The third kappa shape index (κ3) is 2.40. The summed E-state index contributed by atoms with van der Waals surface area (Å²) in [5, 5.41) is 2.52. The largest absolute Gasteiger partial charge is 0.447 e. The molecule has 0 saturated carbocycles. The van der Waals surface area contributed by atoms with Crippen LogP contribution in [0.1, 0.15) is 25.7 Å². The van der Waals surface area contributed by atoms with Gasteiger partial charge in [0.25, 0.3) is 0 Å². The molecule has 0 aromatic rings. The molecule has 15 heavy (non-hydrogen) atoms. The van der Waals surface area contributed by atoms with Gasteiger partial charge < -0.3 is 15.0 Å². The molecule has 5 heteroatoms. The smallest absolute Gasteiger partial charge is 0.407 e. The monoisotopic (exact) mass is 212 g/mol. The van der Waals surface area contributed by atoms with Crippen molar-refractivity contribution in [2.45, 2.75) is 31.7 Å². The zero-order valence-electron chi connectivity index (χ0n) is 8.70. The molecule has 0 aromatic carbocycles. The Morgan fingerprint density at radius 3 is 2.47 bits per heavy atom. The number of amides is 2. The van der Waals surface area contributed by atoms with Gasteiger partial charge in [-0.25, -0.2) is 4.79 Å². The van der Waals surface area contributed by atoms with E-state index in [1.807, 2.05) is 4.90 Å². The van der Waals surface area contributed by atoms with E-state index in [9.17, 15) is 9.59 Å². The lowest BCUT2D eigenvalue weighted by Gasteiger charge is -2.22. The third-order valence-electron chi connectivity index (χ3n) is 2.89. The molecular formula is C10H16N2O3. The van der Waals surface area contributed by atoms with Gasteiger partial charge in [-0.2, -0.15) is 0 Å². The van der Waals surface area contributed by atoms with Crippen LogP contribution in [-0.2, 0) is 9.53 Å². The van der Waals surface area contributed by atoms with E-state index in [0.717, 1.165) is 25.9 Å². The first-order valence-electron chi connectivity index (χ1n) is 5.49. The van der Waals surface area contributed by atoms with E-state index in [0.29, 0.717) is 0 Å². The molecule has 2 saturated heterocycles. The predicted molar refractivity (Wildman–Crippen MR) is 53.3 cm³/mol.